The van der Waals surface area contributed by atoms with E-state index < -0.39 is 11.7 Å². The molecule has 32 heavy (non-hydrogen) atoms. The number of benzene rings is 2. The highest BCUT2D eigenvalue weighted by molar-refractivity contribution is 6.32. The SMILES string of the molecule is C#CCNCc1ccc2c(c1)cc(-c1ccc(Cl)c3c1C(=O)NC3)n2C(=O)OC(C)(C)C. The Labute approximate surface area is 191 Å². The van der Waals surface area contributed by atoms with E-state index in [1.165, 1.54) is 4.57 Å². The van der Waals surface area contributed by atoms with Gasteiger partial charge in [0.15, 0.2) is 0 Å². The molecule has 0 unspecified atom stereocenters. The fraction of sp³-hybridized carbons (Fsp3) is 0.280. The van der Waals surface area contributed by atoms with Gasteiger partial charge in [-0.05, 0) is 50.6 Å². The minimum absolute atomic E-state index is 0.210. The molecule has 1 aliphatic heterocycles. The summed E-state index contributed by atoms with van der Waals surface area (Å²) in [6, 6.07) is 11.2. The predicted octanol–water partition coefficient (Wildman–Crippen LogP) is 4.71. The number of fused-ring (bicyclic) bond motifs is 2. The Hall–Kier alpha value is -3.27. The van der Waals surface area contributed by atoms with Crippen LogP contribution in [0.25, 0.3) is 22.2 Å². The molecule has 7 heteroatoms. The highest BCUT2D eigenvalue weighted by atomic mass is 35.5. The average molecular weight is 450 g/mol. The van der Waals surface area contributed by atoms with Gasteiger partial charge < -0.3 is 15.4 Å². The van der Waals surface area contributed by atoms with E-state index in [4.69, 9.17) is 22.8 Å². The van der Waals surface area contributed by atoms with E-state index in [-0.39, 0.29) is 5.91 Å². The number of nitrogens with one attached hydrogen (secondary N) is 2. The number of rotatable bonds is 4. The van der Waals surface area contributed by atoms with Crippen molar-refractivity contribution in [2.75, 3.05) is 6.54 Å². The van der Waals surface area contributed by atoms with Crippen LogP contribution in [0.1, 0.15) is 42.3 Å². The molecule has 0 fully saturated rings. The first-order valence-electron chi connectivity index (χ1n) is 10.3. The van der Waals surface area contributed by atoms with Gasteiger partial charge in [0.05, 0.1) is 23.3 Å². The lowest BCUT2D eigenvalue weighted by Crippen LogP contribution is -2.27. The summed E-state index contributed by atoms with van der Waals surface area (Å²) in [6.07, 6.45) is 4.80. The number of aromatic nitrogens is 1. The number of amides is 1. The van der Waals surface area contributed by atoms with E-state index in [0.717, 1.165) is 16.5 Å². The molecule has 164 valence electrons. The van der Waals surface area contributed by atoms with E-state index in [0.29, 0.717) is 47.0 Å². The monoisotopic (exact) mass is 449 g/mol. The standard InChI is InChI=1S/C25H24ClN3O3/c1-5-10-27-13-15-6-9-20-16(11-15)12-21(29(20)24(31)32-25(2,3)4)17-7-8-19(26)18-14-28-23(30)22(17)18/h1,6-9,11-12,27H,10,13-14H2,2-4H3,(H,28,30). The zero-order valence-corrected chi connectivity index (χ0v) is 19.0. The van der Waals surface area contributed by atoms with Crippen molar-refractivity contribution in [1.29, 1.82) is 0 Å². The number of carbonyl (C=O) groups excluding carboxylic acids is 2. The van der Waals surface area contributed by atoms with Gasteiger partial charge in [0.25, 0.3) is 5.91 Å². The van der Waals surface area contributed by atoms with Gasteiger partial charge in [-0.25, -0.2) is 9.36 Å². The summed E-state index contributed by atoms with van der Waals surface area (Å²) < 4.78 is 7.22. The van der Waals surface area contributed by atoms with Crippen LogP contribution in [0.2, 0.25) is 5.02 Å². The second kappa shape index (κ2) is 8.34. The van der Waals surface area contributed by atoms with E-state index in [9.17, 15) is 9.59 Å². The zero-order valence-electron chi connectivity index (χ0n) is 18.2. The third-order valence-corrected chi connectivity index (χ3v) is 5.54. The summed E-state index contributed by atoms with van der Waals surface area (Å²) >= 11 is 6.33. The minimum Gasteiger partial charge on any atom is -0.443 e. The molecule has 2 heterocycles. The molecule has 1 amide bonds. The van der Waals surface area contributed by atoms with Gasteiger partial charge in [0.2, 0.25) is 0 Å². The van der Waals surface area contributed by atoms with E-state index in [1.54, 1.807) is 12.1 Å². The van der Waals surface area contributed by atoms with Crippen LogP contribution in [0.4, 0.5) is 4.79 Å². The van der Waals surface area contributed by atoms with Crippen molar-refractivity contribution in [2.45, 2.75) is 39.5 Å². The first kappa shape index (κ1) is 21.9. The van der Waals surface area contributed by atoms with Gasteiger partial charge in [0.1, 0.15) is 5.60 Å². The summed E-state index contributed by atoms with van der Waals surface area (Å²) in [5, 5.41) is 7.36. The summed E-state index contributed by atoms with van der Waals surface area (Å²) in [5.41, 5.74) is 3.47. The summed E-state index contributed by atoms with van der Waals surface area (Å²) in [7, 11) is 0. The van der Waals surface area contributed by atoms with Gasteiger partial charge in [-0.1, -0.05) is 29.7 Å². The Bertz CT molecular complexity index is 1280. The Balaban J connectivity index is 1.91. The Morgan fingerprint density at radius 2 is 2.06 bits per heavy atom. The minimum atomic E-state index is -0.677. The maximum absolute atomic E-state index is 13.3. The van der Waals surface area contributed by atoms with Crippen LogP contribution in [0.5, 0.6) is 0 Å². The maximum atomic E-state index is 13.3. The number of nitrogens with zero attached hydrogens (tertiary/aromatic N) is 1. The predicted molar refractivity (Wildman–Crippen MR) is 126 cm³/mol. The number of carbonyl (C=O) groups is 2. The normalized spacial score (nSPS) is 13.0. The fourth-order valence-electron chi connectivity index (χ4n) is 3.88. The molecule has 4 rings (SSSR count). The maximum Gasteiger partial charge on any atom is 0.419 e. The molecule has 0 radical (unpaired) electrons. The molecular formula is C25H24ClN3O3. The van der Waals surface area contributed by atoms with E-state index in [2.05, 4.69) is 16.6 Å². The van der Waals surface area contributed by atoms with Crippen molar-refractivity contribution in [2.24, 2.45) is 0 Å². The van der Waals surface area contributed by atoms with Crippen LogP contribution in [0.3, 0.4) is 0 Å². The summed E-state index contributed by atoms with van der Waals surface area (Å²) in [4.78, 5) is 25.9. The first-order chi connectivity index (χ1) is 15.2. The third kappa shape index (κ3) is 4.10. The van der Waals surface area contributed by atoms with Crippen molar-refractivity contribution in [3.8, 4) is 23.6 Å². The fourth-order valence-corrected chi connectivity index (χ4v) is 4.11. The zero-order chi connectivity index (χ0) is 23.0. The molecule has 0 bridgehead atoms. The van der Waals surface area contributed by atoms with Gasteiger partial charge in [-0.2, -0.15) is 0 Å². The first-order valence-corrected chi connectivity index (χ1v) is 10.7. The molecule has 0 saturated carbocycles. The summed E-state index contributed by atoms with van der Waals surface area (Å²) in [6.45, 7) is 6.88. The highest BCUT2D eigenvalue weighted by Crippen LogP contribution is 2.37. The lowest BCUT2D eigenvalue weighted by atomic mass is 10.00. The van der Waals surface area contributed by atoms with Crippen LogP contribution in [0, 0.1) is 12.3 Å². The van der Waals surface area contributed by atoms with Gasteiger partial charge >= 0.3 is 6.09 Å². The second-order valence-electron chi connectivity index (χ2n) is 8.68. The largest absolute Gasteiger partial charge is 0.443 e. The topological polar surface area (TPSA) is 72.4 Å². The molecule has 1 aromatic heterocycles. The van der Waals surface area contributed by atoms with E-state index >= 15 is 0 Å². The van der Waals surface area contributed by atoms with Gasteiger partial charge in [0, 0.05) is 34.6 Å². The molecule has 0 spiro atoms. The van der Waals surface area contributed by atoms with Gasteiger partial charge in [-0.15, -0.1) is 6.42 Å². The lowest BCUT2D eigenvalue weighted by molar-refractivity contribution is 0.0547. The molecule has 1 aliphatic rings. The number of hydrogen-bond donors (Lipinski definition) is 2. The second-order valence-corrected chi connectivity index (χ2v) is 9.08. The Morgan fingerprint density at radius 3 is 2.78 bits per heavy atom. The summed E-state index contributed by atoms with van der Waals surface area (Å²) in [5.74, 6) is 2.34. The highest BCUT2D eigenvalue weighted by Gasteiger charge is 2.29. The smallest absolute Gasteiger partial charge is 0.419 e. The molecular weight excluding hydrogens is 426 g/mol. The molecule has 3 aromatic rings. The molecule has 6 nitrogen and oxygen atoms in total. The van der Waals surface area contributed by atoms with Crippen molar-refractivity contribution < 1.29 is 14.3 Å². The number of halogens is 1. The average Bonchev–Trinajstić information content (AvgIpc) is 3.29. The number of terminal acetylenes is 1. The van der Waals surface area contributed by atoms with Crippen molar-refractivity contribution in [3.05, 3.63) is 58.1 Å². The molecule has 2 N–H and O–H groups in total. The van der Waals surface area contributed by atoms with Crippen LogP contribution >= 0.6 is 11.6 Å². The molecule has 2 aromatic carbocycles. The molecule has 0 atom stereocenters. The Morgan fingerprint density at radius 1 is 1.28 bits per heavy atom. The Kier molecular flexibility index (Phi) is 5.72. The van der Waals surface area contributed by atoms with E-state index in [1.807, 2.05) is 45.0 Å². The van der Waals surface area contributed by atoms with Crippen molar-refractivity contribution >= 4 is 34.5 Å². The lowest BCUT2D eigenvalue weighted by Gasteiger charge is -2.21. The van der Waals surface area contributed by atoms with Crippen LogP contribution in [0.15, 0.2) is 36.4 Å². The number of ether oxygens (including phenoxy) is 1. The number of hydrogen-bond acceptors (Lipinski definition) is 4. The van der Waals surface area contributed by atoms with Crippen molar-refractivity contribution in [1.82, 2.24) is 15.2 Å². The molecule has 0 saturated heterocycles. The van der Waals surface area contributed by atoms with Crippen LogP contribution < -0.4 is 10.6 Å². The van der Waals surface area contributed by atoms with Crippen LogP contribution in [-0.4, -0.2) is 28.7 Å². The van der Waals surface area contributed by atoms with Crippen molar-refractivity contribution in [3.63, 3.8) is 0 Å². The van der Waals surface area contributed by atoms with Crippen LogP contribution in [-0.2, 0) is 17.8 Å². The molecule has 0 aliphatic carbocycles. The van der Waals surface area contributed by atoms with Gasteiger partial charge in [-0.3, -0.25) is 4.79 Å². The quantitative estimate of drug-likeness (QED) is 0.447. The third-order valence-electron chi connectivity index (χ3n) is 5.18.